The predicted octanol–water partition coefficient (Wildman–Crippen LogP) is 3.22. The van der Waals surface area contributed by atoms with Crippen LogP contribution in [0, 0.1) is 5.41 Å². The number of halogens is 1. The van der Waals surface area contributed by atoms with Gasteiger partial charge in [0.05, 0.1) is 6.04 Å². The summed E-state index contributed by atoms with van der Waals surface area (Å²) >= 11 is 6.03. The second-order valence-corrected chi connectivity index (χ2v) is 5.09. The maximum atomic E-state index is 7.45. The summed E-state index contributed by atoms with van der Waals surface area (Å²) < 4.78 is 0. The molecule has 0 saturated carbocycles. The van der Waals surface area contributed by atoms with Gasteiger partial charge in [-0.15, -0.1) is 0 Å². The third kappa shape index (κ3) is 3.08. The Morgan fingerprint density at radius 2 is 2.10 bits per heavy atom. The van der Waals surface area contributed by atoms with Gasteiger partial charge in [-0.1, -0.05) is 23.7 Å². The maximum Gasteiger partial charge on any atom is 0.141 e. The van der Waals surface area contributed by atoms with Gasteiger partial charge in [-0.2, -0.15) is 0 Å². The minimum absolute atomic E-state index is 0.0318. The molecule has 0 aliphatic carbocycles. The first-order valence-corrected chi connectivity index (χ1v) is 6.65. The maximum absolute atomic E-state index is 7.45. The zero-order chi connectivity index (χ0) is 14.7. The summed E-state index contributed by atoms with van der Waals surface area (Å²) in [7, 11) is 1.99. The number of hydrogen-bond acceptors (Lipinski definition) is 3. The summed E-state index contributed by atoms with van der Waals surface area (Å²) in [6.45, 7) is 2.10. The molecule has 1 aromatic carbocycles. The molecule has 5 heteroatoms. The number of anilines is 1. The molecule has 20 heavy (non-hydrogen) atoms. The number of aromatic nitrogens is 1. The van der Waals surface area contributed by atoms with E-state index in [2.05, 4.69) is 16.8 Å². The molecular weight excluding hydrogens is 272 g/mol. The highest BCUT2D eigenvalue weighted by atomic mass is 35.5. The SMILES string of the molecule is CC(c1cccc(Cl)c1)N(C)c1ccnc(C(=N)N)c1. The molecule has 0 fully saturated rings. The standard InChI is InChI=1S/C15H17ClN4/c1-10(11-4-3-5-12(16)8-11)20(2)13-6-7-19-14(9-13)15(17)18/h3-10H,1-2H3,(H3,17,18). The molecule has 104 valence electrons. The Labute approximate surface area is 123 Å². The minimum atomic E-state index is -0.0318. The van der Waals surface area contributed by atoms with Crippen molar-refractivity contribution < 1.29 is 0 Å². The Morgan fingerprint density at radius 3 is 2.75 bits per heavy atom. The van der Waals surface area contributed by atoms with E-state index in [1.54, 1.807) is 6.20 Å². The van der Waals surface area contributed by atoms with Crippen LogP contribution in [-0.2, 0) is 0 Å². The predicted molar refractivity (Wildman–Crippen MR) is 83.5 cm³/mol. The van der Waals surface area contributed by atoms with Crippen LogP contribution in [0.4, 0.5) is 5.69 Å². The molecule has 0 radical (unpaired) electrons. The summed E-state index contributed by atoms with van der Waals surface area (Å²) in [5.41, 5.74) is 8.04. The second kappa shape index (κ2) is 5.92. The summed E-state index contributed by atoms with van der Waals surface area (Å²) in [6.07, 6.45) is 1.66. The van der Waals surface area contributed by atoms with Gasteiger partial charge < -0.3 is 10.6 Å². The quantitative estimate of drug-likeness (QED) is 0.670. The first-order chi connectivity index (χ1) is 9.49. The third-order valence-electron chi connectivity index (χ3n) is 3.34. The lowest BCUT2D eigenvalue weighted by Gasteiger charge is -2.27. The fraction of sp³-hybridized carbons (Fsp3) is 0.200. The van der Waals surface area contributed by atoms with Crippen molar-refractivity contribution in [3.63, 3.8) is 0 Å². The number of nitrogens with zero attached hydrogens (tertiary/aromatic N) is 2. The Balaban J connectivity index is 2.28. The van der Waals surface area contributed by atoms with Crippen LogP contribution in [0.15, 0.2) is 42.6 Å². The average molecular weight is 289 g/mol. The van der Waals surface area contributed by atoms with Crippen molar-refractivity contribution in [3.05, 3.63) is 58.9 Å². The highest BCUT2D eigenvalue weighted by Gasteiger charge is 2.13. The number of rotatable bonds is 4. The van der Waals surface area contributed by atoms with E-state index in [1.165, 1.54) is 0 Å². The van der Waals surface area contributed by atoms with E-state index in [0.29, 0.717) is 5.69 Å². The van der Waals surface area contributed by atoms with Gasteiger partial charge in [-0.3, -0.25) is 10.4 Å². The smallest absolute Gasteiger partial charge is 0.141 e. The Kier molecular flexibility index (Phi) is 4.25. The van der Waals surface area contributed by atoms with Crippen molar-refractivity contribution in [2.75, 3.05) is 11.9 Å². The van der Waals surface area contributed by atoms with E-state index in [-0.39, 0.29) is 11.9 Å². The number of pyridine rings is 1. The second-order valence-electron chi connectivity index (χ2n) is 4.65. The molecule has 0 aliphatic heterocycles. The van der Waals surface area contributed by atoms with Gasteiger partial charge in [-0.25, -0.2) is 0 Å². The van der Waals surface area contributed by atoms with E-state index in [9.17, 15) is 0 Å². The number of nitrogens with two attached hydrogens (primary N) is 1. The van der Waals surface area contributed by atoms with Crippen LogP contribution in [-0.4, -0.2) is 17.9 Å². The van der Waals surface area contributed by atoms with Gasteiger partial charge in [0.25, 0.3) is 0 Å². The molecule has 2 aromatic rings. The van der Waals surface area contributed by atoms with Gasteiger partial charge in [0.1, 0.15) is 11.5 Å². The molecule has 1 heterocycles. The fourth-order valence-corrected chi connectivity index (χ4v) is 2.20. The van der Waals surface area contributed by atoms with Crippen LogP contribution < -0.4 is 10.6 Å². The largest absolute Gasteiger partial charge is 0.382 e. The fourth-order valence-electron chi connectivity index (χ4n) is 2.00. The monoisotopic (exact) mass is 288 g/mol. The highest BCUT2D eigenvalue weighted by molar-refractivity contribution is 6.30. The Morgan fingerprint density at radius 1 is 1.35 bits per heavy atom. The number of nitrogen functional groups attached to an aromatic ring is 1. The molecule has 1 atom stereocenters. The molecule has 0 spiro atoms. The van der Waals surface area contributed by atoms with Crippen molar-refractivity contribution in [2.45, 2.75) is 13.0 Å². The third-order valence-corrected chi connectivity index (χ3v) is 3.57. The van der Waals surface area contributed by atoms with Crippen molar-refractivity contribution in [2.24, 2.45) is 5.73 Å². The lowest BCUT2D eigenvalue weighted by atomic mass is 10.1. The molecule has 0 amide bonds. The van der Waals surface area contributed by atoms with Crippen LogP contribution in [0.3, 0.4) is 0 Å². The van der Waals surface area contributed by atoms with Crippen molar-refractivity contribution in [1.29, 1.82) is 5.41 Å². The number of amidine groups is 1. The van der Waals surface area contributed by atoms with Crippen molar-refractivity contribution in [3.8, 4) is 0 Å². The van der Waals surface area contributed by atoms with Gasteiger partial charge >= 0.3 is 0 Å². The van der Waals surface area contributed by atoms with Crippen LogP contribution in [0.25, 0.3) is 0 Å². The average Bonchev–Trinajstić information content (AvgIpc) is 2.45. The zero-order valence-electron chi connectivity index (χ0n) is 11.5. The summed E-state index contributed by atoms with van der Waals surface area (Å²) in [5, 5.41) is 8.18. The first-order valence-electron chi connectivity index (χ1n) is 6.28. The number of nitrogens with one attached hydrogen (secondary N) is 1. The first kappa shape index (κ1) is 14.3. The van der Waals surface area contributed by atoms with Crippen molar-refractivity contribution in [1.82, 2.24) is 4.98 Å². The van der Waals surface area contributed by atoms with E-state index in [1.807, 2.05) is 43.4 Å². The molecule has 1 unspecified atom stereocenters. The summed E-state index contributed by atoms with van der Waals surface area (Å²) in [6, 6.07) is 11.6. The Hall–Kier alpha value is -2.07. The van der Waals surface area contributed by atoms with Crippen LogP contribution >= 0.6 is 11.6 Å². The number of hydrogen-bond donors (Lipinski definition) is 2. The molecule has 0 saturated heterocycles. The summed E-state index contributed by atoms with van der Waals surface area (Å²) in [4.78, 5) is 6.17. The normalized spacial score (nSPS) is 11.9. The van der Waals surface area contributed by atoms with Crippen LogP contribution in [0.2, 0.25) is 5.02 Å². The summed E-state index contributed by atoms with van der Waals surface area (Å²) in [5.74, 6) is -0.0318. The van der Waals surface area contributed by atoms with Gasteiger partial charge in [-0.05, 0) is 36.8 Å². The molecular formula is C15H17ClN4. The van der Waals surface area contributed by atoms with E-state index >= 15 is 0 Å². The molecule has 1 aromatic heterocycles. The zero-order valence-corrected chi connectivity index (χ0v) is 12.2. The molecule has 4 nitrogen and oxygen atoms in total. The minimum Gasteiger partial charge on any atom is -0.382 e. The van der Waals surface area contributed by atoms with Gasteiger partial charge in [0.15, 0.2) is 0 Å². The van der Waals surface area contributed by atoms with Crippen molar-refractivity contribution >= 4 is 23.1 Å². The topological polar surface area (TPSA) is 66.0 Å². The van der Waals surface area contributed by atoms with Gasteiger partial charge in [0.2, 0.25) is 0 Å². The lowest BCUT2D eigenvalue weighted by molar-refractivity contribution is 0.739. The molecule has 0 bridgehead atoms. The van der Waals surface area contributed by atoms with Crippen LogP contribution in [0.5, 0.6) is 0 Å². The molecule has 0 aliphatic rings. The van der Waals surface area contributed by atoms with E-state index < -0.39 is 0 Å². The van der Waals surface area contributed by atoms with E-state index in [0.717, 1.165) is 16.3 Å². The number of benzene rings is 1. The lowest BCUT2D eigenvalue weighted by Crippen LogP contribution is -2.22. The van der Waals surface area contributed by atoms with E-state index in [4.69, 9.17) is 22.7 Å². The molecule has 3 N–H and O–H groups in total. The molecule has 2 rings (SSSR count). The highest BCUT2D eigenvalue weighted by Crippen LogP contribution is 2.26. The van der Waals surface area contributed by atoms with Gasteiger partial charge in [0, 0.05) is 24.0 Å². The Bertz CT molecular complexity index is 627. The van der Waals surface area contributed by atoms with Crippen LogP contribution in [0.1, 0.15) is 24.2 Å².